The summed E-state index contributed by atoms with van der Waals surface area (Å²) in [5.41, 5.74) is 1.29. The molecule has 0 aromatic heterocycles. The lowest BCUT2D eigenvalue weighted by Crippen LogP contribution is -2.26. The summed E-state index contributed by atoms with van der Waals surface area (Å²) in [4.78, 5) is 14.0. The molecule has 1 N–H and O–H groups in total. The largest absolute Gasteiger partial charge is 0.508 e. The van der Waals surface area contributed by atoms with Crippen LogP contribution in [0.2, 0.25) is 0 Å². The van der Waals surface area contributed by atoms with Gasteiger partial charge in [-0.1, -0.05) is 13.0 Å². The number of carbonyl (C=O) groups excluding carboxylic acids is 1. The van der Waals surface area contributed by atoms with E-state index in [-0.39, 0.29) is 11.7 Å². The number of phenolic OH excluding ortho intramolecular Hbond substituents is 1. The number of nitrogens with zero attached hydrogens (tertiary/aromatic N) is 1. The molecule has 0 atom stereocenters. The van der Waals surface area contributed by atoms with E-state index >= 15 is 0 Å². The quantitative estimate of drug-likeness (QED) is 0.915. The molecule has 0 bridgehead atoms. The van der Waals surface area contributed by atoms with E-state index in [4.69, 9.17) is 4.74 Å². The number of anilines is 1. The van der Waals surface area contributed by atoms with Crippen molar-refractivity contribution in [2.75, 3.05) is 18.6 Å². The molecule has 4 heteroatoms. The summed E-state index contributed by atoms with van der Waals surface area (Å²) >= 11 is 0. The summed E-state index contributed by atoms with van der Waals surface area (Å²) in [5.74, 6) is 0.749. The van der Waals surface area contributed by atoms with E-state index < -0.39 is 0 Å². The third kappa shape index (κ3) is 3.75. The number of amides is 1. The molecule has 0 saturated heterocycles. The molecule has 0 unspecified atom stereocenters. The second-order valence-electron chi connectivity index (χ2n) is 4.76. The Labute approximate surface area is 124 Å². The summed E-state index contributed by atoms with van der Waals surface area (Å²) in [6, 6.07) is 13.7. The Morgan fingerprint density at radius 2 is 1.90 bits per heavy atom. The second kappa shape index (κ2) is 6.79. The van der Waals surface area contributed by atoms with Crippen LogP contribution in [0.3, 0.4) is 0 Å². The molecule has 2 aromatic carbocycles. The molecule has 0 radical (unpaired) electrons. The smallest absolute Gasteiger partial charge is 0.258 e. The zero-order valence-electron chi connectivity index (χ0n) is 12.2. The van der Waals surface area contributed by atoms with Gasteiger partial charge in [0.15, 0.2) is 0 Å². The third-order valence-corrected chi connectivity index (χ3v) is 3.10. The van der Waals surface area contributed by atoms with E-state index in [0.717, 1.165) is 12.1 Å². The molecular formula is C17H19NO3. The van der Waals surface area contributed by atoms with Crippen LogP contribution >= 0.6 is 0 Å². The van der Waals surface area contributed by atoms with Crippen LogP contribution in [-0.2, 0) is 0 Å². The van der Waals surface area contributed by atoms with E-state index in [9.17, 15) is 9.90 Å². The van der Waals surface area contributed by atoms with Crippen LogP contribution in [0.25, 0.3) is 0 Å². The van der Waals surface area contributed by atoms with Crippen LogP contribution < -0.4 is 9.64 Å². The fourth-order valence-corrected chi connectivity index (χ4v) is 1.93. The Morgan fingerprint density at radius 1 is 1.19 bits per heavy atom. The van der Waals surface area contributed by atoms with Crippen molar-refractivity contribution < 1.29 is 14.6 Å². The van der Waals surface area contributed by atoms with E-state index in [1.165, 1.54) is 0 Å². The predicted octanol–water partition coefficient (Wildman–Crippen LogP) is 3.46. The monoisotopic (exact) mass is 285 g/mol. The van der Waals surface area contributed by atoms with Crippen LogP contribution in [-0.4, -0.2) is 24.7 Å². The first-order valence-electron chi connectivity index (χ1n) is 6.91. The highest BCUT2D eigenvalue weighted by molar-refractivity contribution is 6.05. The van der Waals surface area contributed by atoms with Crippen molar-refractivity contribution in [1.82, 2.24) is 0 Å². The van der Waals surface area contributed by atoms with Crippen LogP contribution in [0.15, 0.2) is 48.5 Å². The van der Waals surface area contributed by atoms with Crippen molar-refractivity contribution in [3.05, 3.63) is 54.1 Å². The molecule has 0 fully saturated rings. The number of aromatic hydroxyl groups is 1. The van der Waals surface area contributed by atoms with E-state index in [0.29, 0.717) is 17.9 Å². The van der Waals surface area contributed by atoms with Crippen LogP contribution in [0, 0.1) is 0 Å². The van der Waals surface area contributed by atoms with Gasteiger partial charge in [-0.15, -0.1) is 0 Å². The maximum atomic E-state index is 12.5. The van der Waals surface area contributed by atoms with Gasteiger partial charge in [0.2, 0.25) is 0 Å². The highest BCUT2D eigenvalue weighted by atomic mass is 16.5. The lowest BCUT2D eigenvalue weighted by molar-refractivity contribution is 0.0992. The van der Waals surface area contributed by atoms with Crippen molar-refractivity contribution >= 4 is 11.6 Å². The van der Waals surface area contributed by atoms with Crippen LogP contribution in [0.5, 0.6) is 11.5 Å². The average molecular weight is 285 g/mol. The molecular weight excluding hydrogens is 266 g/mol. The predicted molar refractivity (Wildman–Crippen MR) is 83.1 cm³/mol. The van der Waals surface area contributed by atoms with Gasteiger partial charge in [-0.2, -0.15) is 0 Å². The normalized spacial score (nSPS) is 10.2. The highest BCUT2D eigenvalue weighted by Crippen LogP contribution is 2.21. The van der Waals surface area contributed by atoms with Crippen molar-refractivity contribution in [2.24, 2.45) is 0 Å². The molecule has 1 amide bonds. The molecule has 2 aromatic rings. The van der Waals surface area contributed by atoms with Gasteiger partial charge >= 0.3 is 0 Å². The zero-order valence-corrected chi connectivity index (χ0v) is 12.2. The van der Waals surface area contributed by atoms with Gasteiger partial charge in [-0.05, 0) is 48.9 Å². The molecule has 0 aliphatic rings. The number of carbonyl (C=O) groups is 1. The van der Waals surface area contributed by atoms with E-state index in [1.807, 2.05) is 19.1 Å². The maximum absolute atomic E-state index is 12.5. The minimum Gasteiger partial charge on any atom is -0.508 e. The molecule has 0 spiro atoms. The lowest BCUT2D eigenvalue weighted by Gasteiger charge is -2.18. The summed E-state index contributed by atoms with van der Waals surface area (Å²) in [6.45, 7) is 2.67. The fraction of sp³-hybridized carbons (Fsp3) is 0.235. The molecule has 4 nitrogen and oxygen atoms in total. The van der Waals surface area contributed by atoms with Gasteiger partial charge in [-0.3, -0.25) is 4.79 Å². The second-order valence-corrected chi connectivity index (χ2v) is 4.76. The first kappa shape index (κ1) is 14.9. The number of rotatable bonds is 5. The van der Waals surface area contributed by atoms with Crippen LogP contribution in [0.4, 0.5) is 5.69 Å². The molecule has 110 valence electrons. The number of hydrogen-bond acceptors (Lipinski definition) is 3. The molecule has 2 rings (SSSR count). The van der Waals surface area contributed by atoms with Gasteiger partial charge in [0.25, 0.3) is 5.91 Å². The molecule has 0 saturated carbocycles. The SMILES string of the molecule is CCCOc1cccc(C(=O)N(C)c2ccc(O)cc2)c1. The fourth-order valence-electron chi connectivity index (χ4n) is 1.93. The van der Waals surface area contributed by atoms with Crippen LogP contribution in [0.1, 0.15) is 23.7 Å². The molecule has 21 heavy (non-hydrogen) atoms. The maximum Gasteiger partial charge on any atom is 0.258 e. The topological polar surface area (TPSA) is 49.8 Å². The molecule has 0 aliphatic carbocycles. The summed E-state index contributed by atoms with van der Waals surface area (Å²) in [6.07, 6.45) is 0.922. The Bertz CT molecular complexity index is 608. The van der Waals surface area contributed by atoms with Gasteiger partial charge in [0, 0.05) is 18.3 Å². The van der Waals surface area contributed by atoms with Gasteiger partial charge in [-0.25, -0.2) is 0 Å². The van der Waals surface area contributed by atoms with Crippen molar-refractivity contribution in [1.29, 1.82) is 0 Å². The number of phenols is 1. The lowest BCUT2D eigenvalue weighted by atomic mass is 10.1. The number of benzene rings is 2. The minimum atomic E-state index is -0.123. The first-order chi connectivity index (χ1) is 10.1. The van der Waals surface area contributed by atoms with E-state index in [1.54, 1.807) is 48.3 Å². The minimum absolute atomic E-state index is 0.123. The Morgan fingerprint density at radius 3 is 2.57 bits per heavy atom. The summed E-state index contributed by atoms with van der Waals surface area (Å²) < 4.78 is 5.54. The first-order valence-corrected chi connectivity index (χ1v) is 6.91. The summed E-state index contributed by atoms with van der Waals surface area (Å²) in [7, 11) is 1.70. The van der Waals surface area contributed by atoms with Crippen molar-refractivity contribution in [3.63, 3.8) is 0 Å². The Hall–Kier alpha value is -2.49. The van der Waals surface area contributed by atoms with Crippen molar-refractivity contribution in [3.8, 4) is 11.5 Å². The third-order valence-electron chi connectivity index (χ3n) is 3.10. The Balaban J connectivity index is 2.17. The molecule has 0 heterocycles. The highest BCUT2D eigenvalue weighted by Gasteiger charge is 2.14. The van der Waals surface area contributed by atoms with E-state index in [2.05, 4.69) is 0 Å². The Kier molecular flexibility index (Phi) is 4.82. The van der Waals surface area contributed by atoms with Crippen molar-refractivity contribution in [2.45, 2.75) is 13.3 Å². The number of hydrogen-bond donors (Lipinski definition) is 1. The summed E-state index contributed by atoms with van der Waals surface area (Å²) in [5, 5.41) is 9.29. The van der Waals surface area contributed by atoms with Gasteiger partial charge in [0.05, 0.1) is 6.61 Å². The average Bonchev–Trinajstić information content (AvgIpc) is 2.52. The molecule has 0 aliphatic heterocycles. The number of ether oxygens (including phenoxy) is 1. The van der Waals surface area contributed by atoms with Gasteiger partial charge < -0.3 is 14.7 Å². The zero-order chi connectivity index (χ0) is 15.2. The standard InChI is InChI=1S/C17H19NO3/c1-3-11-21-16-6-4-5-13(12-16)17(20)18(2)14-7-9-15(19)10-8-14/h4-10,12,19H,3,11H2,1-2H3. The van der Waals surface area contributed by atoms with Gasteiger partial charge in [0.1, 0.15) is 11.5 Å².